The van der Waals surface area contributed by atoms with E-state index in [0.29, 0.717) is 0 Å². The number of alkyl halides is 4. The van der Waals surface area contributed by atoms with Gasteiger partial charge in [0.25, 0.3) is 0 Å². The Hall–Kier alpha value is -1.97. The first kappa shape index (κ1) is 13.1. The molecule has 2 nitrogen and oxygen atoms in total. The van der Waals surface area contributed by atoms with E-state index in [4.69, 9.17) is 22.1 Å². The third-order valence-corrected chi connectivity index (χ3v) is 2.46. The molecule has 0 saturated heterocycles. The zero-order valence-corrected chi connectivity index (χ0v) is 8.62. The van der Waals surface area contributed by atoms with E-state index >= 15 is 0 Å². The molecule has 7 heteroatoms. The number of halogens is 5. The van der Waals surface area contributed by atoms with Crippen LogP contribution < -0.4 is 0 Å². The van der Waals surface area contributed by atoms with Crippen molar-refractivity contribution in [1.29, 1.82) is 10.5 Å². The summed E-state index contributed by atoms with van der Waals surface area (Å²) in [5.41, 5.74) is -4.14. The van der Waals surface area contributed by atoms with Crippen molar-refractivity contribution in [3.63, 3.8) is 0 Å². The van der Waals surface area contributed by atoms with Crippen LogP contribution in [0.15, 0.2) is 21.8 Å². The molecule has 0 spiro atoms. The molecule has 1 rings (SSSR count). The summed E-state index contributed by atoms with van der Waals surface area (Å²) in [7, 11) is 0. The van der Waals surface area contributed by atoms with Gasteiger partial charge in [0.15, 0.2) is 0 Å². The van der Waals surface area contributed by atoms with E-state index in [1.807, 2.05) is 0 Å². The van der Waals surface area contributed by atoms with Crippen molar-refractivity contribution >= 4 is 11.6 Å². The lowest BCUT2D eigenvalue weighted by Crippen LogP contribution is -2.38. The number of terminal acetylenes is 1. The van der Waals surface area contributed by atoms with E-state index in [-0.39, 0.29) is 0 Å². The standard InChI is InChI=1S/C10HClF4N2/c1-2-6-8(11)7(5(3-16)4-17)10(14,15)9(6,12)13/h1H. The quantitative estimate of drug-likeness (QED) is 0.382. The van der Waals surface area contributed by atoms with Crippen LogP contribution in [0.4, 0.5) is 17.6 Å². The lowest BCUT2D eigenvalue weighted by molar-refractivity contribution is -0.149. The summed E-state index contributed by atoms with van der Waals surface area (Å²) in [6.45, 7) is 0. The number of nitriles is 2. The first-order valence-electron chi connectivity index (χ1n) is 3.93. The molecule has 0 bridgehead atoms. The van der Waals surface area contributed by atoms with Gasteiger partial charge in [0.1, 0.15) is 17.7 Å². The summed E-state index contributed by atoms with van der Waals surface area (Å²) in [4.78, 5) is 0. The summed E-state index contributed by atoms with van der Waals surface area (Å²) in [5.74, 6) is -8.12. The molecular formula is C10HClF4N2. The molecule has 0 unspecified atom stereocenters. The van der Waals surface area contributed by atoms with Crippen LogP contribution in [-0.4, -0.2) is 11.8 Å². The van der Waals surface area contributed by atoms with Crippen molar-refractivity contribution in [2.45, 2.75) is 11.8 Å². The second-order valence-electron chi connectivity index (χ2n) is 2.96. The van der Waals surface area contributed by atoms with Crippen LogP contribution in [0.25, 0.3) is 0 Å². The summed E-state index contributed by atoms with van der Waals surface area (Å²) in [6.07, 6.45) is 4.67. The molecule has 1 aliphatic rings. The first-order chi connectivity index (χ1) is 7.75. The van der Waals surface area contributed by atoms with Crippen molar-refractivity contribution in [3.8, 4) is 24.5 Å². The molecule has 0 aromatic heterocycles. The smallest absolute Gasteiger partial charge is 0.194 e. The van der Waals surface area contributed by atoms with E-state index in [2.05, 4.69) is 6.42 Å². The van der Waals surface area contributed by atoms with Crippen molar-refractivity contribution in [2.24, 2.45) is 0 Å². The zero-order valence-electron chi connectivity index (χ0n) is 7.86. The minimum atomic E-state index is -4.77. The highest BCUT2D eigenvalue weighted by molar-refractivity contribution is 6.33. The fraction of sp³-hybridized carbons (Fsp3) is 0.200. The normalized spacial score (nSPS) is 20.5. The molecule has 0 N–H and O–H groups in total. The van der Waals surface area contributed by atoms with Crippen LogP contribution in [0, 0.1) is 35.0 Å². The Labute approximate surface area is 98.4 Å². The first-order valence-corrected chi connectivity index (χ1v) is 4.31. The van der Waals surface area contributed by atoms with Crippen molar-refractivity contribution < 1.29 is 17.6 Å². The van der Waals surface area contributed by atoms with Gasteiger partial charge in [-0.3, -0.25) is 0 Å². The lowest BCUT2D eigenvalue weighted by Gasteiger charge is -2.20. The van der Waals surface area contributed by atoms with Gasteiger partial charge in [0, 0.05) is 0 Å². The fourth-order valence-electron chi connectivity index (χ4n) is 1.27. The zero-order chi connectivity index (χ0) is 13.4. The third-order valence-electron chi connectivity index (χ3n) is 2.08. The molecule has 0 atom stereocenters. The molecule has 17 heavy (non-hydrogen) atoms. The Morgan fingerprint density at radius 3 is 1.88 bits per heavy atom. The maximum Gasteiger partial charge on any atom is 0.348 e. The van der Waals surface area contributed by atoms with Crippen LogP contribution in [-0.2, 0) is 0 Å². The maximum atomic E-state index is 13.4. The molecule has 0 aromatic rings. The largest absolute Gasteiger partial charge is 0.348 e. The number of nitrogens with zero attached hydrogens (tertiary/aromatic N) is 2. The predicted molar refractivity (Wildman–Crippen MR) is 49.9 cm³/mol. The van der Waals surface area contributed by atoms with E-state index in [9.17, 15) is 17.6 Å². The van der Waals surface area contributed by atoms with Gasteiger partial charge in [0.2, 0.25) is 0 Å². The maximum absolute atomic E-state index is 13.4. The third kappa shape index (κ3) is 1.48. The summed E-state index contributed by atoms with van der Waals surface area (Å²) in [6, 6.07) is 2.16. The average molecular weight is 261 g/mol. The van der Waals surface area contributed by atoms with E-state index in [0.717, 1.165) is 12.1 Å². The number of rotatable bonds is 0. The molecule has 0 saturated carbocycles. The van der Waals surface area contributed by atoms with Gasteiger partial charge in [0.05, 0.1) is 16.2 Å². The van der Waals surface area contributed by atoms with Gasteiger partial charge in [-0.15, -0.1) is 6.42 Å². The van der Waals surface area contributed by atoms with Gasteiger partial charge in [-0.05, 0) is 0 Å². The Balaban J connectivity index is 3.77. The van der Waals surface area contributed by atoms with Gasteiger partial charge >= 0.3 is 11.8 Å². The van der Waals surface area contributed by atoms with Crippen LogP contribution >= 0.6 is 11.6 Å². The monoisotopic (exact) mass is 260 g/mol. The van der Waals surface area contributed by atoms with Crippen LogP contribution in [0.5, 0.6) is 0 Å². The molecular weight excluding hydrogens is 260 g/mol. The predicted octanol–water partition coefficient (Wildman–Crippen LogP) is 2.74. The molecule has 86 valence electrons. The summed E-state index contributed by atoms with van der Waals surface area (Å²) >= 11 is 5.28. The summed E-state index contributed by atoms with van der Waals surface area (Å²) in [5, 5.41) is 15.7. The average Bonchev–Trinajstić information content (AvgIpc) is 2.36. The Morgan fingerprint density at radius 1 is 1.12 bits per heavy atom. The minimum absolute atomic E-state index is 1.08. The topological polar surface area (TPSA) is 47.6 Å². The molecule has 0 radical (unpaired) electrons. The van der Waals surface area contributed by atoms with E-state index < -0.39 is 33.6 Å². The number of hydrogen-bond donors (Lipinski definition) is 0. The molecule has 0 amide bonds. The Kier molecular flexibility index (Phi) is 2.93. The van der Waals surface area contributed by atoms with Crippen molar-refractivity contribution in [2.75, 3.05) is 0 Å². The molecule has 0 aliphatic heterocycles. The number of allylic oxidation sites excluding steroid dienone is 4. The highest BCUT2D eigenvalue weighted by Gasteiger charge is 2.68. The molecule has 0 aromatic carbocycles. The molecule has 1 aliphatic carbocycles. The van der Waals surface area contributed by atoms with Crippen LogP contribution in [0.3, 0.4) is 0 Å². The van der Waals surface area contributed by atoms with Gasteiger partial charge < -0.3 is 0 Å². The van der Waals surface area contributed by atoms with Gasteiger partial charge in [-0.2, -0.15) is 28.1 Å². The van der Waals surface area contributed by atoms with Gasteiger partial charge in [-0.1, -0.05) is 17.5 Å². The molecule has 0 fully saturated rings. The second-order valence-corrected chi connectivity index (χ2v) is 3.33. The minimum Gasteiger partial charge on any atom is -0.194 e. The summed E-state index contributed by atoms with van der Waals surface area (Å²) < 4.78 is 53.2. The number of hydrogen-bond acceptors (Lipinski definition) is 2. The second kappa shape index (κ2) is 3.80. The van der Waals surface area contributed by atoms with Crippen molar-refractivity contribution in [1.82, 2.24) is 0 Å². The van der Waals surface area contributed by atoms with Crippen molar-refractivity contribution in [3.05, 3.63) is 21.8 Å². The SMILES string of the molecule is C#CC1=C(Cl)C(=C(C#N)C#N)C(F)(F)C1(F)F. The fourth-order valence-corrected chi connectivity index (χ4v) is 1.66. The van der Waals surface area contributed by atoms with E-state index in [1.54, 1.807) is 0 Å². The van der Waals surface area contributed by atoms with Crippen LogP contribution in [0.2, 0.25) is 0 Å². The highest BCUT2D eigenvalue weighted by Crippen LogP contribution is 2.55. The Morgan fingerprint density at radius 2 is 1.59 bits per heavy atom. The molecule has 0 heterocycles. The van der Waals surface area contributed by atoms with Crippen LogP contribution in [0.1, 0.15) is 0 Å². The Bertz CT molecular complexity index is 551. The van der Waals surface area contributed by atoms with E-state index in [1.165, 1.54) is 5.92 Å². The van der Waals surface area contributed by atoms with Gasteiger partial charge in [-0.25, -0.2) is 0 Å². The highest BCUT2D eigenvalue weighted by atomic mass is 35.5. The lowest BCUT2D eigenvalue weighted by atomic mass is 10.0.